The highest BCUT2D eigenvalue weighted by atomic mass is 16.6. The van der Waals surface area contributed by atoms with Gasteiger partial charge in [0.2, 0.25) is 0 Å². The highest BCUT2D eigenvalue weighted by Crippen LogP contribution is 2.34. The van der Waals surface area contributed by atoms with Crippen molar-refractivity contribution in [2.75, 3.05) is 18.9 Å². The van der Waals surface area contributed by atoms with Crippen molar-refractivity contribution in [3.8, 4) is 5.75 Å². The number of nitrogen functional groups attached to an aromatic ring is 1. The third-order valence-electron chi connectivity index (χ3n) is 3.09. The number of carbonyl (C=O) groups is 1. The summed E-state index contributed by atoms with van der Waals surface area (Å²) in [7, 11) is 0. The molecule has 1 unspecified atom stereocenters. The summed E-state index contributed by atoms with van der Waals surface area (Å²) in [4.78, 5) is 11.7. The molecule has 0 radical (unpaired) electrons. The monoisotopic (exact) mass is 278 g/mol. The van der Waals surface area contributed by atoms with E-state index in [2.05, 4.69) is 5.32 Å². The van der Waals surface area contributed by atoms with Crippen LogP contribution < -0.4 is 15.8 Å². The Labute approximate surface area is 119 Å². The molecular formula is C15H22N2O3. The second-order valence-electron chi connectivity index (χ2n) is 6.01. The van der Waals surface area contributed by atoms with Gasteiger partial charge in [-0.05, 0) is 38.8 Å². The summed E-state index contributed by atoms with van der Waals surface area (Å²) in [6.45, 7) is 6.71. The van der Waals surface area contributed by atoms with E-state index >= 15 is 0 Å². The van der Waals surface area contributed by atoms with Crippen LogP contribution >= 0.6 is 0 Å². The molecule has 1 aliphatic heterocycles. The van der Waals surface area contributed by atoms with Gasteiger partial charge in [0.1, 0.15) is 11.4 Å². The first-order chi connectivity index (χ1) is 9.35. The van der Waals surface area contributed by atoms with Crippen LogP contribution in [0.1, 0.15) is 38.7 Å². The standard InChI is InChI=1S/C15H22N2O3/c1-15(2,3)20-14(18)17-9-10-6-7-19-13-8-11(16)4-5-12(10)13/h4-5,8,10H,6-7,9,16H2,1-3H3,(H,17,18). The van der Waals surface area contributed by atoms with E-state index in [1.807, 2.05) is 39.0 Å². The summed E-state index contributed by atoms with van der Waals surface area (Å²) in [6, 6.07) is 5.65. The van der Waals surface area contributed by atoms with E-state index in [0.29, 0.717) is 18.8 Å². The van der Waals surface area contributed by atoms with E-state index in [0.717, 1.165) is 17.7 Å². The number of carbonyl (C=O) groups excluding carboxylic acids is 1. The van der Waals surface area contributed by atoms with Crippen molar-refractivity contribution in [3.05, 3.63) is 23.8 Å². The maximum atomic E-state index is 11.7. The molecule has 0 aromatic heterocycles. The van der Waals surface area contributed by atoms with Crippen molar-refractivity contribution in [1.82, 2.24) is 5.32 Å². The van der Waals surface area contributed by atoms with E-state index < -0.39 is 5.60 Å². The van der Waals surface area contributed by atoms with Gasteiger partial charge in [-0.2, -0.15) is 0 Å². The molecule has 0 bridgehead atoms. The van der Waals surface area contributed by atoms with E-state index in [-0.39, 0.29) is 12.0 Å². The number of fused-ring (bicyclic) bond motifs is 1. The number of alkyl carbamates (subject to hydrolysis) is 1. The van der Waals surface area contributed by atoms with Gasteiger partial charge in [-0.25, -0.2) is 4.79 Å². The Hall–Kier alpha value is -1.91. The number of hydrogen-bond acceptors (Lipinski definition) is 4. The number of anilines is 1. The van der Waals surface area contributed by atoms with Gasteiger partial charge in [0.15, 0.2) is 0 Å². The van der Waals surface area contributed by atoms with Crippen molar-refractivity contribution in [2.45, 2.75) is 38.7 Å². The summed E-state index contributed by atoms with van der Waals surface area (Å²) in [6.07, 6.45) is 0.480. The summed E-state index contributed by atoms with van der Waals surface area (Å²) in [5.74, 6) is 1.04. The van der Waals surface area contributed by atoms with Gasteiger partial charge in [-0.1, -0.05) is 6.07 Å². The van der Waals surface area contributed by atoms with Gasteiger partial charge in [0, 0.05) is 24.2 Å². The molecule has 1 aliphatic rings. The molecule has 1 amide bonds. The third kappa shape index (κ3) is 3.79. The fourth-order valence-corrected chi connectivity index (χ4v) is 2.21. The number of benzene rings is 1. The van der Waals surface area contributed by atoms with Gasteiger partial charge < -0.3 is 20.5 Å². The summed E-state index contributed by atoms with van der Waals surface area (Å²) >= 11 is 0. The molecule has 0 spiro atoms. The van der Waals surface area contributed by atoms with E-state index in [4.69, 9.17) is 15.2 Å². The van der Waals surface area contributed by atoms with Crippen LogP contribution in [0.3, 0.4) is 0 Å². The molecule has 0 aliphatic carbocycles. The lowest BCUT2D eigenvalue weighted by molar-refractivity contribution is 0.0521. The normalized spacial score (nSPS) is 17.9. The lowest BCUT2D eigenvalue weighted by atomic mass is 9.93. The molecular weight excluding hydrogens is 256 g/mol. The molecule has 5 nitrogen and oxygen atoms in total. The molecule has 20 heavy (non-hydrogen) atoms. The minimum absolute atomic E-state index is 0.229. The number of hydrogen-bond donors (Lipinski definition) is 2. The topological polar surface area (TPSA) is 73.6 Å². The zero-order chi connectivity index (χ0) is 14.8. The largest absolute Gasteiger partial charge is 0.493 e. The second-order valence-corrected chi connectivity index (χ2v) is 6.01. The number of nitrogens with one attached hydrogen (secondary N) is 1. The van der Waals surface area contributed by atoms with Crippen LogP contribution in [-0.2, 0) is 4.74 Å². The average molecular weight is 278 g/mol. The molecule has 0 saturated carbocycles. The molecule has 1 aromatic rings. The van der Waals surface area contributed by atoms with Gasteiger partial charge >= 0.3 is 6.09 Å². The summed E-state index contributed by atoms with van der Waals surface area (Å²) in [5, 5.41) is 2.82. The van der Waals surface area contributed by atoms with Gasteiger partial charge in [0.25, 0.3) is 0 Å². The molecule has 2 rings (SSSR count). The highest BCUT2D eigenvalue weighted by Gasteiger charge is 2.23. The SMILES string of the molecule is CC(C)(C)OC(=O)NCC1CCOc2cc(N)ccc21. The molecule has 1 aromatic carbocycles. The van der Waals surface area contributed by atoms with Crippen molar-refractivity contribution >= 4 is 11.8 Å². The zero-order valence-corrected chi connectivity index (χ0v) is 12.2. The maximum Gasteiger partial charge on any atom is 0.407 e. The highest BCUT2D eigenvalue weighted by molar-refractivity contribution is 5.67. The van der Waals surface area contributed by atoms with E-state index in [1.54, 1.807) is 0 Å². The Morgan fingerprint density at radius 2 is 2.25 bits per heavy atom. The first kappa shape index (κ1) is 14.5. The number of amides is 1. The first-order valence-electron chi connectivity index (χ1n) is 6.84. The number of ether oxygens (including phenoxy) is 2. The fourth-order valence-electron chi connectivity index (χ4n) is 2.21. The Morgan fingerprint density at radius 1 is 1.50 bits per heavy atom. The molecule has 1 heterocycles. The quantitative estimate of drug-likeness (QED) is 0.816. The molecule has 1 atom stereocenters. The molecule has 110 valence electrons. The minimum atomic E-state index is -0.480. The van der Waals surface area contributed by atoms with Crippen LogP contribution in [0, 0.1) is 0 Å². The van der Waals surface area contributed by atoms with Crippen molar-refractivity contribution in [2.24, 2.45) is 0 Å². The van der Waals surface area contributed by atoms with Crippen LogP contribution in [0.4, 0.5) is 10.5 Å². The smallest absolute Gasteiger partial charge is 0.407 e. The molecule has 3 N–H and O–H groups in total. The minimum Gasteiger partial charge on any atom is -0.493 e. The lowest BCUT2D eigenvalue weighted by Crippen LogP contribution is -2.35. The van der Waals surface area contributed by atoms with Crippen molar-refractivity contribution < 1.29 is 14.3 Å². The Kier molecular flexibility index (Phi) is 4.06. The Balaban J connectivity index is 1.97. The van der Waals surface area contributed by atoms with Crippen LogP contribution in [0.25, 0.3) is 0 Å². The van der Waals surface area contributed by atoms with Crippen LogP contribution in [0.5, 0.6) is 5.75 Å². The lowest BCUT2D eigenvalue weighted by Gasteiger charge is -2.27. The third-order valence-corrected chi connectivity index (χ3v) is 3.09. The summed E-state index contributed by atoms with van der Waals surface area (Å²) in [5.41, 5.74) is 7.04. The number of nitrogens with two attached hydrogens (primary N) is 1. The van der Waals surface area contributed by atoms with Gasteiger partial charge in [0.05, 0.1) is 6.61 Å². The van der Waals surface area contributed by atoms with Crippen molar-refractivity contribution in [3.63, 3.8) is 0 Å². The summed E-state index contributed by atoms with van der Waals surface area (Å²) < 4.78 is 10.8. The van der Waals surface area contributed by atoms with Gasteiger partial charge in [-0.3, -0.25) is 0 Å². The van der Waals surface area contributed by atoms with Crippen molar-refractivity contribution in [1.29, 1.82) is 0 Å². The predicted octanol–water partition coefficient (Wildman–Crippen LogP) is 2.66. The van der Waals surface area contributed by atoms with Gasteiger partial charge in [-0.15, -0.1) is 0 Å². The number of rotatable bonds is 2. The first-order valence-corrected chi connectivity index (χ1v) is 6.84. The average Bonchev–Trinajstić information content (AvgIpc) is 2.33. The fraction of sp³-hybridized carbons (Fsp3) is 0.533. The maximum absolute atomic E-state index is 11.7. The Bertz CT molecular complexity index is 494. The van der Waals surface area contributed by atoms with E-state index in [1.165, 1.54) is 0 Å². The molecule has 0 fully saturated rings. The van der Waals surface area contributed by atoms with Crippen LogP contribution in [0.2, 0.25) is 0 Å². The molecule has 5 heteroatoms. The van der Waals surface area contributed by atoms with E-state index in [9.17, 15) is 4.79 Å². The van der Waals surface area contributed by atoms with Crippen LogP contribution in [0.15, 0.2) is 18.2 Å². The molecule has 0 saturated heterocycles. The Morgan fingerprint density at radius 3 is 2.95 bits per heavy atom. The van der Waals surface area contributed by atoms with Crippen LogP contribution in [-0.4, -0.2) is 24.8 Å². The second kappa shape index (κ2) is 5.61. The zero-order valence-electron chi connectivity index (χ0n) is 12.2. The predicted molar refractivity (Wildman–Crippen MR) is 77.9 cm³/mol.